The van der Waals surface area contributed by atoms with Crippen molar-refractivity contribution in [1.29, 1.82) is 0 Å². The predicted octanol–water partition coefficient (Wildman–Crippen LogP) is 4.00. The van der Waals surface area contributed by atoms with Crippen LogP contribution in [0.4, 0.5) is 4.39 Å². The Hall–Kier alpha value is -1.58. The van der Waals surface area contributed by atoms with E-state index in [0.29, 0.717) is 10.6 Å². The van der Waals surface area contributed by atoms with E-state index in [1.54, 1.807) is 6.07 Å². The Morgan fingerprint density at radius 3 is 3.00 bits per heavy atom. The van der Waals surface area contributed by atoms with Gasteiger partial charge in [0.1, 0.15) is 18.2 Å². The lowest BCUT2D eigenvalue weighted by Crippen LogP contribution is -2.05. The normalized spacial score (nSPS) is 17.1. The smallest absolute Gasteiger partial charge is 0.129 e. The van der Waals surface area contributed by atoms with Crippen LogP contribution in [0.2, 0.25) is 5.02 Å². The molecular weight excluding hydrogens is 277 g/mol. The first-order valence-electron chi connectivity index (χ1n) is 6.59. The van der Waals surface area contributed by atoms with Crippen molar-refractivity contribution in [2.45, 2.75) is 25.5 Å². The van der Waals surface area contributed by atoms with Crippen LogP contribution < -0.4 is 10.5 Å². The number of ether oxygens (including phenoxy) is 1. The summed E-state index contributed by atoms with van der Waals surface area (Å²) >= 11 is 5.87. The fourth-order valence-electron chi connectivity index (χ4n) is 2.60. The van der Waals surface area contributed by atoms with Crippen molar-refractivity contribution in [2.24, 2.45) is 5.73 Å². The van der Waals surface area contributed by atoms with E-state index >= 15 is 0 Å². The fourth-order valence-corrected chi connectivity index (χ4v) is 2.79. The maximum absolute atomic E-state index is 13.6. The second kappa shape index (κ2) is 5.43. The lowest BCUT2D eigenvalue weighted by molar-refractivity contribution is 0.297. The number of benzene rings is 2. The molecule has 20 heavy (non-hydrogen) atoms. The minimum atomic E-state index is -0.307. The molecule has 0 amide bonds. The number of halogens is 2. The third-order valence-corrected chi connectivity index (χ3v) is 3.90. The average Bonchev–Trinajstić information content (AvgIpc) is 2.82. The van der Waals surface area contributed by atoms with Crippen LogP contribution >= 0.6 is 11.6 Å². The van der Waals surface area contributed by atoms with Gasteiger partial charge in [-0.15, -0.1) is 0 Å². The standard InChI is InChI=1S/C16H15ClFNO/c17-11-4-6-14(18)10(8-11)9-20-16-3-1-2-12-13(16)5-7-15(12)19/h1-4,6,8,15H,5,7,9,19H2. The molecular formula is C16H15ClFNO. The number of hydrogen-bond donors (Lipinski definition) is 1. The molecule has 0 saturated heterocycles. The van der Waals surface area contributed by atoms with Crippen LogP contribution in [-0.4, -0.2) is 0 Å². The summed E-state index contributed by atoms with van der Waals surface area (Å²) in [4.78, 5) is 0. The van der Waals surface area contributed by atoms with Crippen molar-refractivity contribution in [3.05, 3.63) is 63.9 Å². The summed E-state index contributed by atoms with van der Waals surface area (Å²) in [6, 6.07) is 10.4. The molecule has 1 atom stereocenters. The largest absolute Gasteiger partial charge is 0.489 e. The van der Waals surface area contributed by atoms with E-state index in [4.69, 9.17) is 22.1 Å². The second-order valence-electron chi connectivity index (χ2n) is 4.99. The van der Waals surface area contributed by atoms with Crippen LogP contribution in [0.15, 0.2) is 36.4 Å². The lowest BCUT2D eigenvalue weighted by Gasteiger charge is -2.12. The van der Waals surface area contributed by atoms with Crippen LogP contribution in [0.5, 0.6) is 5.75 Å². The molecule has 2 aromatic rings. The average molecular weight is 292 g/mol. The van der Waals surface area contributed by atoms with Crippen molar-refractivity contribution in [3.8, 4) is 5.75 Å². The van der Waals surface area contributed by atoms with Gasteiger partial charge in [-0.1, -0.05) is 23.7 Å². The summed E-state index contributed by atoms with van der Waals surface area (Å²) in [6.45, 7) is 0.165. The molecule has 0 fully saturated rings. The first kappa shape index (κ1) is 13.4. The Bertz CT molecular complexity index is 644. The molecule has 3 rings (SSSR count). The summed E-state index contributed by atoms with van der Waals surface area (Å²) in [7, 11) is 0. The minimum absolute atomic E-state index is 0.0801. The van der Waals surface area contributed by atoms with Crippen molar-refractivity contribution < 1.29 is 9.13 Å². The molecule has 0 spiro atoms. The van der Waals surface area contributed by atoms with E-state index in [9.17, 15) is 4.39 Å². The van der Waals surface area contributed by atoms with Crippen molar-refractivity contribution in [3.63, 3.8) is 0 Å². The zero-order chi connectivity index (χ0) is 14.1. The topological polar surface area (TPSA) is 35.2 Å². The highest BCUT2D eigenvalue weighted by Crippen LogP contribution is 2.35. The predicted molar refractivity (Wildman–Crippen MR) is 77.4 cm³/mol. The maximum Gasteiger partial charge on any atom is 0.129 e. The first-order valence-corrected chi connectivity index (χ1v) is 6.97. The minimum Gasteiger partial charge on any atom is -0.489 e. The van der Waals surface area contributed by atoms with Gasteiger partial charge >= 0.3 is 0 Å². The summed E-state index contributed by atoms with van der Waals surface area (Å²) in [5, 5.41) is 0.505. The molecule has 0 saturated carbocycles. The molecule has 2 aromatic carbocycles. The van der Waals surface area contributed by atoms with Crippen LogP contribution in [0.3, 0.4) is 0 Å². The molecule has 0 aromatic heterocycles. The van der Waals surface area contributed by atoms with Gasteiger partial charge in [0.25, 0.3) is 0 Å². The molecule has 1 unspecified atom stereocenters. The Labute approximate surface area is 122 Å². The zero-order valence-corrected chi connectivity index (χ0v) is 11.7. The Morgan fingerprint density at radius 1 is 1.30 bits per heavy atom. The SMILES string of the molecule is NC1CCc2c(OCc3cc(Cl)ccc3F)cccc21. The summed E-state index contributed by atoms with van der Waals surface area (Å²) < 4.78 is 19.4. The molecule has 2 nitrogen and oxygen atoms in total. The monoisotopic (exact) mass is 291 g/mol. The summed E-state index contributed by atoms with van der Waals surface area (Å²) in [5.74, 6) is 0.480. The third kappa shape index (κ3) is 2.51. The van der Waals surface area contributed by atoms with Gasteiger partial charge in [0.2, 0.25) is 0 Å². The van der Waals surface area contributed by atoms with Gasteiger partial charge in [-0.2, -0.15) is 0 Å². The van der Waals surface area contributed by atoms with E-state index in [0.717, 1.165) is 29.7 Å². The van der Waals surface area contributed by atoms with Gasteiger partial charge in [0.15, 0.2) is 0 Å². The molecule has 0 heterocycles. The quantitative estimate of drug-likeness (QED) is 0.927. The highest BCUT2D eigenvalue weighted by atomic mass is 35.5. The van der Waals surface area contributed by atoms with Crippen LogP contribution in [-0.2, 0) is 13.0 Å². The van der Waals surface area contributed by atoms with Gasteiger partial charge in [0, 0.05) is 16.6 Å². The molecule has 4 heteroatoms. The van der Waals surface area contributed by atoms with E-state index in [1.165, 1.54) is 12.1 Å². The van der Waals surface area contributed by atoms with Gasteiger partial charge in [-0.3, -0.25) is 0 Å². The summed E-state index contributed by atoms with van der Waals surface area (Å²) in [6.07, 6.45) is 1.84. The number of hydrogen-bond acceptors (Lipinski definition) is 2. The molecule has 1 aliphatic rings. The van der Waals surface area contributed by atoms with Crippen molar-refractivity contribution >= 4 is 11.6 Å². The number of rotatable bonds is 3. The highest BCUT2D eigenvalue weighted by molar-refractivity contribution is 6.30. The lowest BCUT2D eigenvalue weighted by atomic mass is 10.1. The van der Waals surface area contributed by atoms with E-state index < -0.39 is 0 Å². The van der Waals surface area contributed by atoms with E-state index in [1.807, 2.05) is 18.2 Å². The van der Waals surface area contributed by atoms with Gasteiger partial charge < -0.3 is 10.5 Å². The number of fused-ring (bicyclic) bond motifs is 1. The molecule has 2 N–H and O–H groups in total. The molecule has 0 radical (unpaired) electrons. The Morgan fingerprint density at radius 2 is 2.15 bits per heavy atom. The van der Waals surface area contributed by atoms with Gasteiger partial charge in [0.05, 0.1) is 0 Å². The van der Waals surface area contributed by atoms with Crippen molar-refractivity contribution in [2.75, 3.05) is 0 Å². The third-order valence-electron chi connectivity index (χ3n) is 3.67. The van der Waals surface area contributed by atoms with Crippen LogP contribution in [0.1, 0.15) is 29.2 Å². The molecule has 0 bridgehead atoms. The van der Waals surface area contributed by atoms with Gasteiger partial charge in [-0.25, -0.2) is 4.39 Å². The molecule has 104 valence electrons. The van der Waals surface area contributed by atoms with Gasteiger partial charge in [-0.05, 0) is 48.2 Å². The molecule has 0 aliphatic heterocycles. The van der Waals surface area contributed by atoms with E-state index in [-0.39, 0.29) is 18.5 Å². The van der Waals surface area contributed by atoms with E-state index in [2.05, 4.69) is 0 Å². The maximum atomic E-state index is 13.6. The Kier molecular flexibility index (Phi) is 3.64. The van der Waals surface area contributed by atoms with Crippen LogP contribution in [0.25, 0.3) is 0 Å². The highest BCUT2D eigenvalue weighted by Gasteiger charge is 2.22. The molecule has 1 aliphatic carbocycles. The second-order valence-corrected chi connectivity index (χ2v) is 5.43. The Balaban J connectivity index is 1.81. The number of nitrogens with two attached hydrogens (primary N) is 1. The fraction of sp³-hybridized carbons (Fsp3) is 0.250. The zero-order valence-electron chi connectivity index (χ0n) is 10.9. The summed E-state index contributed by atoms with van der Waals surface area (Å²) in [5.41, 5.74) is 8.76. The van der Waals surface area contributed by atoms with Crippen LogP contribution in [0, 0.1) is 5.82 Å². The van der Waals surface area contributed by atoms with Crippen molar-refractivity contribution in [1.82, 2.24) is 0 Å². The first-order chi connectivity index (χ1) is 9.65.